The summed E-state index contributed by atoms with van der Waals surface area (Å²) in [5.74, 6) is -0.340. The molecule has 0 atom stereocenters. The summed E-state index contributed by atoms with van der Waals surface area (Å²) in [6, 6.07) is 4.69. The molecule has 0 aromatic heterocycles. The second-order valence-corrected chi connectivity index (χ2v) is 4.13. The molecule has 0 aliphatic carbocycles. The van der Waals surface area contributed by atoms with Crippen LogP contribution in [-0.2, 0) is 15.9 Å². The average Bonchev–Trinajstić information content (AvgIpc) is 2.06. The first-order valence-electron chi connectivity index (χ1n) is 3.79. The minimum absolute atomic E-state index is 0. The monoisotopic (exact) mass is 239 g/mol. The first kappa shape index (κ1) is 14.7. The van der Waals surface area contributed by atoms with Crippen LogP contribution >= 0.6 is 0 Å². The Morgan fingerprint density at radius 1 is 1.47 bits per heavy atom. The fourth-order valence-corrected chi connectivity index (χ4v) is 1.77. The smallest absolute Gasteiger partial charge is 0.748 e. The van der Waals surface area contributed by atoms with E-state index in [4.69, 9.17) is 10.5 Å². The molecule has 0 fully saturated rings. The van der Waals surface area contributed by atoms with Gasteiger partial charge < -0.3 is 15.0 Å². The molecular weight excluding hydrogens is 229 g/mol. The Bertz CT molecular complexity index is 432. The molecule has 0 saturated heterocycles. The molecule has 15 heavy (non-hydrogen) atoms. The molecule has 0 unspecified atom stereocenters. The van der Waals surface area contributed by atoms with Gasteiger partial charge in [0.25, 0.3) is 0 Å². The van der Waals surface area contributed by atoms with Crippen LogP contribution in [0.2, 0.25) is 0 Å². The second-order valence-electron chi connectivity index (χ2n) is 2.73. The Morgan fingerprint density at radius 3 is 2.53 bits per heavy atom. The molecule has 0 radical (unpaired) electrons. The van der Waals surface area contributed by atoms with Gasteiger partial charge in [0.2, 0.25) is 0 Å². The molecule has 0 aliphatic rings. The molecule has 78 valence electrons. The fraction of sp³-hybridized carbons (Fsp3) is 0.250. The van der Waals surface area contributed by atoms with Gasteiger partial charge in [0.1, 0.15) is 5.75 Å². The summed E-state index contributed by atoms with van der Waals surface area (Å²) in [4.78, 5) is 0. The topological polar surface area (TPSA) is 92.5 Å². The van der Waals surface area contributed by atoms with Gasteiger partial charge in [-0.25, -0.2) is 8.42 Å². The summed E-state index contributed by atoms with van der Waals surface area (Å²) in [6.45, 7) is 0. The van der Waals surface area contributed by atoms with Gasteiger partial charge in [-0.2, -0.15) is 0 Å². The van der Waals surface area contributed by atoms with Gasteiger partial charge in [-0.15, -0.1) is 0 Å². The van der Waals surface area contributed by atoms with Crippen molar-refractivity contribution in [2.24, 2.45) is 0 Å². The summed E-state index contributed by atoms with van der Waals surface area (Å²) in [6.07, 6.45) is 0. The van der Waals surface area contributed by atoms with E-state index in [9.17, 15) is 13.0 Å². The minimum atomic E-state index is -4.34. The van der Waals surface area contributed by atoms with Gasteiger partial charge in [-0.3, -0.25) is 0 Å². The molecular formula is C8H10NNaO4S. The zero-order valence-electron chi connectivity index (χ0n) is 8.56. The maximum atomic E-state index is 10.6. The number of methoxy groups -OCH3 is 1. The number of anilines is 1. The normalized spacial score (nSPS) is 10.5. The van der Waals surface area contributed by atoms with Crippen LogP contribution in [-0.4, -0.2) is 20.1 Å². The van der Waals surface area contributed by atoms with Crippen molar-refractivity contribution < 1.29 is 47.3 Å². The average molecular weight is 239 g/mol. The van der Waals surface area contributed by atoms with Crippen molar-refractivity contribution in [3.63, 3.8) is 0 Å². The molecule has 0 saturated carbocycles. The molecule has 0 spiro atoms. The first-order chi connectivity index (χ1) is 6.44. The fourth-order valence-electron chi connectivity index (χ4n) is 1.11. The van der Waals surface area contributed by atoms with Gasteiger partial charge in [0, 0.05) is 11.3 Å². The van der Waals surface area contributed by atoms with Crippen molar-refractivity contribution in [3.8, 4) is 5.75 Å². The van der Waals surface area contributed by atoms with Crippen molar-refractivity contribution in [1.29, 1.82) is 0 Å². The Balaban J connectivity index is 0.00000196. The predicted octanol–water partition coefficient (Wildman–Crippen LogP) is -2.67. The summed E-state index contributed by atoms with van der Waals surface area (Å²) < 4.78 is 36.6. The molecule has 0 aliphatic heterocycles. The van der Waals surface area contributed by atoms with Crippen molar-refractivity contribution in [2.75, 3.05) is 12.8 Å². The number of hydrogen-bond donors (Lipinski definition) is 1. The molecule has 1 aromatic carbocycles. The van der Waals surface area contributed by atoms with E-state index in [1.54, 1.807) is 12.1 Å². The van der Waals surface area contributed by atoms with Gasteiger partial charge in [0.15, 0.2) is 0 Å². The molecule has 0 heterocycles. The third-order valence-electron chi connectivity index (χ3n) is 1.71. The summed E-state index contributed by atoms with van der Waals surface area (Å²) in [5, 5.41) is 0. The van der Waals surface area contributed by atoms with Crippen molar-refractivity contribution in [2.45, 2.75) is 5.75 Å². The molecule has 0 bridgehead atoms. The summed E-state index contributed by atoms with van der Waals surface area (Å²) >= 11 is 0. The Labute approximate surface area is 111 Å². The van der Waals surface area contributed by atoms with E-state index in [-0.39, 0.29) is 40.8 Å². The molecule has 1 rings (SSSR count). The Hall–Kier alpha value is -0.270. The van der Waals surface area contributed by atoms with E-state index < -0.39 is 15.9 Å². The van der Waals surface area contributed by atoms with E-state index >= 15 is 0 Å². The number of nitrogens with two attached hydrogens (primary N) is 1. The van der Waals surface area contributed by atoms with Gasteiger partial charge in [0.05, 0.1) is 23.0 Å². The standard InChI is InChI=1S/C8H11NO4S.Na/c1-13-8-4-2-3-7(9)6(8)5-14(10,11)12;/h2-4H,5,9H2,1H3,(H,10,11,12);/q;+1/p-1. The van der Waals surface area contributed by atoms with Gasteiger partial charge in [-0.05, 0) is 12.1 Å². The van der Waals surface area contributed by atoms with Crippen LogP contribution in [0.1, 0.15) is 5.56 Å². The summed E-state index contributed by atoms with van der Waals surface area (Å²) in [7, 11) is -2.96. The number of ether oxygens (including phenoxy) is 1. The SMILES string of the molecule is COc1cccc(N)c1CS(=O)(=O)[O-].[Na+]. The van der Waals surface area contributed by atoms with Crippen LogP contribution in [0.3, 0.4) is 0 Å². The maximum absolute atomic E-state index is 10.6. The van der Waals surface area contributed by atoms with Crippen LogP contribution in [0.15, 0.2) is 18.2 Å². The molecule has 5 nitrogen and oxygen atoms in total. The second kappa shape index (κ2) is 5.72. The van der Waals surface area contributed by atoms with Crippen LogP contribution < -0.4 is 40.0 Å². The summed E-state index contributed by atoms with van der Waals surface area (Å²) in [5.41, 5.74) is 5.97. The quantitative estimate of drug-likeness (QED) is 0.353. The Morgan fingerprint density at radius 2 is 2.07 bits per heavy atom. The third-order valence-corrected chi connectivity index (χ3v) is 2.35. The van der Waals surface area contributed by atoms with Crippen molar-refractivity contribution >= 4 is 15.8 Å². The molecule has 2 N–H and O–H groups in total. The zero-order chi connectivity index (χ0) is 10.8. The minimum Gasteiger partial charge on any atom is -0.748 e. The number of hydrogen-bond acceptors (Lipinski definition) is 5. The largest absolute Gasteiger partial charge is 1.00 e. The number of rotatable bonds is 3. The first-order valence-corrected chi connectivity index (χ1v) is 5.36. The van der Waals surface area contributed by atoms with Crippen LogP contribution in [0, 0.1) is 0 Å². The van der Waals surface area contributed by atoms with Crippen LogP contribution in [0.25, 0.3) is 0 Å². The van der Waals surface area contributed by atoms with E-state index in [0.29, 0.717) is 5.75 Å². The van der Waals surface area contributed by atoms with Gasteiger partial charge in [-0.1, -0.05) is 6.07 Å². The maximum Gasteiger partial charge on any atom is 1.00 e. The number of nitrogen functional groups attached to an aromatic ring is 1. The molecule has 7 heteroatoms. The Kier molecular flexibility index (Phi) is 5.61. The van der Waals surface area contributed by atoms with Crippen molar-refractivity contribution in [1.82, 2.24) is 0 Å². The molecule has 1 aromatic rings. The van der Waals surface area contributed by atoms with Crippen LogP contribution in [0.4, 0.5) is 5.69 Å². The van der Waals surface area contributed by atoms with Crippen molar-refractivity contribution in [3.05, 3.63) is 23.8 Å². The molecule has 0 amide bonds. The van der Waals surface area contributed by atoms with E-state index in [2.05, 4.69) is 0 Å². The van der Waals surface area contributed by atoms with E-state index in [1.807, 2.05) is 0 Å². The third kappa shape index (κ3) is 4.40. The van der Waals surface area contributed by atoms with Gasteiger partial charge >= 0.3 is 29.6 Å². The zero-order valence-corrected chi connectivity index (χ0v) is 11.4. The van der Waals surface area contributed by atoms with E-state index in [1.165, 1.54) is 13.2 Å². The number of benzene rings is 1. The van der Waals surface area contributed by atoms with E-state index in [0.717, 1.165) is 0 Å². The van der Waals surface area contributed by atoms with Crippen LogP contribution in [0.5, 0.6) is 5.75 Å². The predicted molar refractivity (Wildman–Crippen MR) is 50.8 cm³/mol.